The van der Waals surface area contributed by atoms with Crippen LogP contribution < -0.4 is 5.32 Å². The fraction of sp³-hybridized carbons (Fsp3) is 0.312. The number of likely N-dealkylation sites (tertiary alicyclic amines) is 1. The minimum absolute atomic E-state index is 0.187. The normalized spacial score (nSPS) is 23.2. The van der Waals surface area contributed by atoms with Gasteiger partial charge in [0.05, 0.1) is 5.56 Å². The molecular formula is C16H16N2O4. The Bertz CT molecular complexity index is 655. The van der Waals surface area contributed by atoms with Crippen molar-refractivity contribution in [3.8, 4) is 0 Å². The Morgan fingerprint density at radius 2 is 2.18 bits per heavy atom. The maximum absolute atomic E-state index is 12.2. The average Bonchev–Trinajstić information content (AvgIpc) is 3.06. The van der Waals surface area contributed by atoms with Crippen molar-refractivity contribution in [2.24, 2.45) is 0 Å². The number of fused-ring (bicyclic) bond motifs is 1. The number of amides is 2. The van der Waals surface area contributed by atoms with Crippen molar-refractivity contribution in [1.29, 1.82) is 0 Å². The van der Waals surface area contributed by atoms with E-state index in [0.29, 0.717) is 24.1 Å². The quantitative estimate of drug-likeness (QED) is 0.668. The van der Waals surface area contributed by atoms with Crippen molar-refractivity contribution in [1.82, 2.24) is 10.2 Å². The number of benzene rings is 1. The Hall–Kier alpha value is -2.63. The number of ether oxygens (including phenoxy) is 1. The van der Waals surface area contributed by atoms with Gasteiger partial charge in [-0.05, 0) is 12.5 Å². The second-order valence-electron chi connectivity index (χ2n) is 5.23. The van der Waals surface area contributed by atoms with Gasteiger partial charge in [0, 0.05) is 18.5 Å². The van der Waals surface area contributed by atoms with Crippen molar-refractivity contribution >= 4 is 17.8 Å². The van der Waals surface area contributed by atoms with Crippen LogP contribution >= 0.6 is 0 Å². The van der Waals surface area contributed by atoms with Crippen molar-refractivity contribution in [3.05, 3.63) is 48.0 Å². The standard InChI is InChI=1S/C16H16N2O4/c1-2-9-17-14(20)12-7-8-13(19)18(12)15-10-5-3-4-6-11(10)16(21)22-15/h2-6,12,15H,1,7-9H2,(H,17,20)/t12-,15+/m0/s1. The van der Waals surface area contributed by atoms with Gasteiger partial charge in [-0.2, -0.15) is 0 Å². The van der Waals surface area contributed by atoms with E-state index in [1.54, 1.807) is 30.3 Å². The average molecular weight is 300 g/mol. The van der Waals surface area contributed by atoms with Crippen LogP contribution in [-0.4, -0.2) is 35.3 Å². The number of nitrogens with one attached hydrogen (secondary N) is 1. The summed E-state index contributed by atoms with van der Waals surface area (Å²) in [5.74, 6) is -0.912. The number of carbonyl (C=O) groups excluding carboxylic acids is 3. The SMILES string of the molecule is C=CCNC(=O)[C@@H]1CCC(=O)N1[C@@H]1OC(=O)c2ccccc21. The molecule has 0 aliphatic carbocycles. The second kappa shape index (κ2) is 5.63. The highest BCUT2D eigenvalue weighted by molar-refractivity contribution is 5.96. The molecule has 0 bridgehead atoms. The van der Waals surface area contributed by atoms with Gasteiger partial charge >= 0.3 is 5.97 Å². The van der Waals surface area contributed by atoms with E-state index in [1.165, 1.54) is 4.90 Å². The van der Waals surface area contributed by atoms with E-state index in [4.69, 9.17) is 4.74 Å². The topological polar surface area (TPSA) is 75.7 Å². The number of nitrogens with zero attached hydrogens (tertiary/aromatic N) is 1. The smallest absolute Gasteiger partial charge is 0.340 e. The highest BCUT2D eigenvalue weighted by Crippen LogP contribution is 2.38. The van der Waals surface area contributed by atoms with Gasteiger partial charge in [-0.1, -0.05) is 24.3 Å². The zero-order valence-corrected chi connectivity index (χ0v) is 12.0. The summed E-state index contributed by atoms with van der Waals surface area (Å²) in [5, 5.41) is 2.69. The summed E-state index contributed by atoms with van der Waals surface area (Å²) in [6.45, 7) is 3.88. The molecule has 0 spiro atoms. The van der Waals surface area contributed by atoms with Crippen LogP contribution in [0.1, 0.15) is 35.0 Å². The van der Waals surface area contributed by atoms with Crippen molar-refractivity contribution in [2.75, 3.05) is 6.54 Å². The number of hydrogen-bond donors (Lipinski definition) is 1. The number of carbonyl (C=O) groups is 3. The third kappa shape index (κ3) is 2.26. The van der Waals surface area contributed by atoms with Crippen LogP contribution in [0.2, 0.25) is 0 Å². The van der Waals surface area contributed by atoms with Crippen LogP contribution in [0.25, 0.3) is 0 Å². The number of hydrogen-bond acceptors (Lipinski definition) is 4. The molecule has 3 rings (SSSR count). The van der Waals surface area contributed by atoms with Crippen LogP contribution in [0, 0.1) is 0 Å². The summed E-state index contributed by atoms with van der Waals surface area (Å²) in [5.41, 5.74) is 1.07. The first-order valence-corrected chi connectivity index (χ1v) is 7.13. The Morgan fingerprint density at radius 3 is 2.95 bits per heavy atom. The Labute approximate surface area is 127 Å². The van der Waals surface area contributed by atoms with E-state index in [0.717, 1.165) is 0 Å². The molecular weight excluding hydrogens is 284 g/mol. The summed E-state index contributed by atoms with van der Waals surface area (Å²) < 4.78 is 5.34. The summed E-state index contributed by atoms with van der Waals surface area (Å²) in [4.78, 5) is 37.7. The van der Waals surface area contributed by atoms with Gasteiger partial charge < -0.3 is 10.1 Å². The van der Waals surface area contributed by atoms with E-state index >= 15 is 0 Å². The minimum atomic E-state index is -0.821. The lowest BCUT2D eigenvalue weighted by molar-refractivity contribution is -0.145. The zero-order valence-electron chi connectivity index (χ0n) is 12.0. The van der Waals surface area contributed by atoms with Gasteiger partial charge in [0.1, 0.15) is 6.04 Å². The molecule has 2 aliphatic heterocycles. The molecule has 0 radical (unpaired) electrons. The Balaban J connectivity index is 1.89. The Morgan fingerprint density at radius 1 is 1.41 bits per heavy atom. The van der Waals surface area contributed by atoms with Gasteiger partial charge in [-0.25, -0.2) is 4.79 Å². The van der Waals surface area contributed by atoms with Crippen molar-refractivity contribution < 1.29 is 19.1 Å². The molecule has 2 amide bonds. The number of cyclic esters (lactones) is 1. The predicted molar refractivity (Wildman–Crippen MR) is 77.7 cm³/mol. The van der Waals surface area contributed by atoms with Gasteiger partial charge in [-0.15, -0.1) is 6.58 Å². The van der Waals surface area contributed by atoms with E-state index < -0.39 is 18.2 Å². The zero-order chi connectivity index (χ0) is 15.7. The van der Waals surface area contributed by atoms with Crippen LogP contribution in [-0.2, 0) is 14.3 Å². The van der Waals surface area contributed by atoms with Gasteiger partial charge in [0.25, 0.3) is 0 Å². The lowest BCUT2D eigenvalue weighted by Gasteiger charge is -2.29. The summed E-state index contributed by atoms with van der Waals surface area (Å²) >= 11 is 0. The fourth-order valence-corrected chi connectivity index (χ4v) is 2.88. The molecule has 1 aromatic carbocycles. The van der Waals surface area contributed by atoms with E-state index in [9.17, 15) is 14.4 Å². The predicted octanol–water partition coefficient (Wildman–Crippen LogP) is 1.15. The summed E-state index contributed by atoms with van der Waals surface area (Å²) in [6, 6.07) is 6.29. The molecule has 0 unspecified atom stereocenters. The van der Waals surface area contributed by atoms with Crippen LogP contribution in [0.4, 0.5) is 0 Å². The first kappa shape index (κ1) is 14.3. The maximum Gasteiger partial charge on any atom is 0.340 e. The largest absolute Gasteiger partial charge is 0.433 e. The Kier molecular flexibility index (Phi) is 3.66. The first-order chi connectivity index (χ1) is 10.6. The molecule has 0 aromatic heterocycles. The maximum atomic E-state index is 12.2. The molecule has 1 fully saturated rings. The van der Waals surface area contributed by atoms with Crippen LogP contribution in [0.3, 0.4) is 0 Å². The molecule has 1 aromatic rings. The fourth-order valence-electron chi connectivity index (χ4n) is 2.88. The molecule has 2 aliphatic rings. The van der Waals surface area contributed by atoms with E-state index in [-0.39, 0.29) is 18.2 Å². The van der Waals surface area contributed by atoms with Crippen LogP contribution in [0.15, 0.2) is 36.9 Å². The lowest BCUT2D eigenvalue weighted by atomic mass is 10.1. The molecule has 114 valence electrons. The minimum Gasteiger partial charge on any atom is -0.433 e. The number of esters is 1. The lowest BCUT2D eigenvalue weighted by Crippen LogP contribution is -2.46. The molecule has 1 N–H and O–H groups in total. The molecule has 6 heteroatoms. The van der Waals surface area contributed by atoms with Crippen molar-refractivity contribution in [2.45, 2.75) is 25.1 Å². The summed E-state index contributed by atoms with van der Waals surface area (Å²) in [7, 11) is 0. The number of rotatable bonds is 4. The molecule has 1 saturated heterocycles. The molecule has 0 saturated carbocycles. The molecule has 6 nitrogen and oxygen atoms in total. The molecule has 2 atom stereocenters. The van der Waals surface area contributed by atoms with E-state index in [1.807, 2.05) is 0 Å². The highest BCUT2D eigenvalue weighted by Gasteiger charge is 2.46. The van der Waals surface area contributed by atoms with Crippen LogP contribution in [0.5, 0.6) is 0 Å². The molecule has 2 heterocycles. The van der Waals surface area contributed by atoms with E-state index in [2.05, 4.69) is 11.9 Å². The third-order valence-corrected chi connectivity index (χ3v) is 3.90. The summed E-state index contributed by atoms with van der Waals surface area (Å²) in [6.07, 6.45) is 1.43. The van der Waals surface area contributed by atoms with Gasteiger partial charge in [0.2, 0.25) is 18.0 Å². The third-order valence-electron chi connectivity index (χ3n) is 3.90. The van der Waals surface area contributed by atoms with Gasteiger partial charge in [0.15, 0.2) is 0 Å². The van der Waals surface area contributed by atoms with Gasteiger partial charge in [-0.3, -0.25) is 14.5 Å². The highest BCUT2D eigenvalue weighted by atomic mass is 16.6. The van der Waals surface area contributed by atoms with Crippen molar-refractivity contribution in [3.63, 3.8) is 0 Å². The molecule has 22 heavy (non-hydrogen) atoms. The first-order valence-electron chi connectivity index (χ1n) is 7.13. The monoisotopic (exact) mass is 300 g/mol. The second-order valence-corrected chi connectivity index (χ2v) is 5.23.